The molecule has 0 bridgehead atoms. The minimum atomic E-state index is -0.476. The van der Waals surface area contributed by atoms with E-state index >= 15 is 0 Å². The van der Waals surface area contributed by atoms with E-state index in [1.54, 1.807) is 0 Å². The summed E-state index contributed by atoms with van der Waals surface area (Å²) in [5.74, 6) is 1.24. The van der Waals surface area contributed by atoms with E-state index in [4.69, 9.17) is 0 Å². The van der Waals surface area contributed by atoms with E-state index in [9.17, 15) is 10.2 Å². The summed E-state index contributed by atoms with van der Waals surface area (Å²) in [6, 6.07) is 0. The molecule has 2 nitrogen and oxygen atoms in total. The maximum absolute atomic E-state index is 9.35. The molecule has 0 aromatic rings. The molecule has 0 radical (unpaired) electrons. The van der Waals surface area contributed by atoms with Crippen LogP contribution in [0.25, 0.3) is 0 Å². The first-order valence-electron chi connectivity index (χ1n) is 4.47. The molecule has 0 heterocycles. The van der Waals surface area contributed by atoms with Crippen molar-refractivity contribution in [2.75, 3.05) is 0 Å². The maximum Gasteiger partial charge on any atom is 0.0801 e. The molecule has 1 unspecified atom stereocenters. The quantitative estimate of drug-likeness (QED) is 0.601. The summed E-state index contributed by atoms with van der Waals surface area (Å²) in [6.45, 7) is 4.35. The van der Waals surface area contributed by atoms with Gasteiger partial charge in [-0.2, -0.15) is 0 Å². The Morgan fingerprint density at radius 1 is 1.09 bits per heavy atom. The van der Waals surface area contributed by atoms with Crippen molar-refractivity contribution in [1.29, 1.82) is 0 Å². The standard InChI is InChI=1S/C9H18O2/c1-6(2)7-3-4-8(10)9(11)5-7/h6-11H,3-5H2,1-2H3/t7?,8-,9+/m1/s1. The summed E-state index contributed by atoms with van der Waals surface area (Å²) >= 11 is 0. The molecule has 1 saturated carbocycles. The third-order valence-corrected chi connectivity index (χ3v) is 2.76. The van der Waals surface area contributed by atoms with Crippen LogP contribution in [0.4, 0.5) is 0 Å². The van der Waals surface area contributed by atoms with Gasteiger partial charge in [-0.05, 0) is 31.1 Å². The molecule has 1 aliphatic carbocycles. The predicted octanol–water partition coefficient (Wildman–Crippen LogP) is 1.16. The van der Waals surface area contributed by atoms with Gasteiger partial charge < -0.3 is 10.2 Å². The third-order valence-electron chi connectivity index (χ3n) is 2.76. The van der Waals surface area contributed by atoms with Crippen molar-refractivity contribution in [2.45, 2.75) is 45.3 Å². The van der Waals surface area contributed by atoms with Crippen molar-refractivity contribution in [3.63, 3.8) is 0 Å². The molecule has 0 saturated heterocycles. The van der Waals surface area contributed by atoms with Gasteiger partial charge in [0.15, 0.2) is 0 Å². The molecule has 66 valence electrons. The van der Waals surface area contributed by atoms with E-state index in [1.807, 2.05) is 0 Å². The van der Waals surface area contributed by atoms with Crippen LogP contribution in [0.5, 0.6) is 0 Å². The fourth-order valence-electron chi connectivity index (χ4n) is 1.77. The highest BCUT2D eigenvalue weighted by molar-refractivity contribution is 4.80. The van der Waals surface area contributed by atoms with Gasteiger partial charge in [-0.1, -0.05) is 13.8 Å². The Morgan fingerprint density at radius 2 is 1.73 bits per heavy atom. The minimum absolute atomic E-state index is 0.468. The Morgan fingerprint density at radius 3 is 2.18 bits per heavy atom. The molecule has 1 aliphatic rings. The normalized spacial score (nSPS) is 39.5. The second-order valence-electron chi connectivity index (χ2n) is 3.95. The van der Waals surface area contributed by atoms with E-state index in [1.165, 1.54) is 0 Å². The Kier molecular flexibility index (Phi) is 2.90. The van der Waals surface area contributed by atoms with Gasteiger partial charge in [-0.3, -0.25) is 0 Å². The van der Waals surface area contributed by atoms with Crippen molar-refractivity contribution < 1.29 is 10.2 Å². The molecular weight excluding hydrogens is 140 g/mol. The zero-order valence-corrected chi connectivity index (χ0v) is 7.33. The van der Waals surface area contributed by atoms with Crippen LogP contribution in [-0.2, 0) is 0 Å². The second kappa shape index (κ2) is 3.55. The summed E-state index contributed by atoms with van der Waals surface area (Å²) in [6.07, 6.45) is 1.67. The highest BCUT2D eigenvalue weighted by Crippen LogP contribution is 2.29. The molecule has 11 heavy (non-hydrogen) atoms. The summed E-state index contributed by atoms with van der Waals surface area (Å²) in [4.78, 5) is 0. The lowest BCUT2D eigenvalue weighted by atomic mass is 9.79. The lowest BCUT2D eigenvalue weighted by molar-refractivity contribution is -0.0321. The van der Waals surface area contributed by atoms with Gasteiger partial charge in [-0.25, -0.2) is 0 Å². The van der Waals surface area contributed by atoms with Gasteiger partial charge in [0.25, 0.3) is 0 Å². The zero-order chi connectivity index (χ0) is 8.43. The first-order valence-corrected chi connectivity index (χ1v) is 4.47. The molecule has 0 aliphatic heterocycles. The largest absolute Gasteiger partial charge is 0.390 e. The summed E-state index contributed by atoms with van der Waals surface area (Å²) in [5.41, 5.74) is 0. The molecule has 0 amide bonds. The molecule has 1 rings (SSSR count). The average molecular weight is 158 g/mol. The van der Waals surface area contributed by atoms with Gasteiger partial charge in [0.05, 0.1) is 12.2 Å². The molecular formula is C9H18O2. The fourth-order valence-corrected chi connectivity index (χ4v) is 1.77. The Bertz CT molecular complexity index is 123. The highest BCUT2D eigenvalue weighted by atomic mass is 16.3. The van der Waals surface area contributed by atoms with Crippen LogP contribution in [0.1, 0.15) is 33.1 Å². The molecule has 3 atom stereocenters. The van der Waals surface area contributed by atoms with Gasteiger partial charge >= 0.3 is 0 Å². The molecule has 2 N–H and O–H groups in total. The second-order valence-corrected chi connectivity index (χ2v) is 3.95. The zero-order valence-electron chi connectivity index (χ0n) is 7.33. The molecule has 0 aromatic heterocycles. The van der Waals surface area contributed by atoms with Gasteiger partial charge in [0.2, 0.25) is 0 Å². The fraction of sp³-hybridized carbons (Fsp3) is 1.00. The molecule has 0 spiro atoms. The van der Waals surface area contributed by atoms with E-state index in [0.29, 0.717) is 11.8 Å². The lowest BCUT2D eigenvalue weighted by Crippen LogP contribution is -2.35. The Balaban J connectivity index is 2.40. The van der Waals surface area contributed by atoms with E-state index < -0.39 is 12.2 Å². The molecule has 2 heteroatoms. The third kappa shape index (κ3) is 2.17. The highest BCUT2D eigenvalue weighted by Gasteiger charge is 2.28. The number of hydrogen-bond donors (Lipinski definition) is 2. The van der Waals surface area contributed by atoms with Crippen LogP contribution in [-0.4, -0.2) is 22.4 Å². The van der Waals surface area contributed by atoms with Gasteiger partial charge in [-0.15, -0.1) is 0 Å². The van der Waals surface area contributed by atoms with Gasteiger partial charge in [0.1, 0.15) is 0 Å². The number of hydrogen-bond acceptors (Lipinski definition) is 2. The molecule has 1 fully saturated rings. The van der Waals surface area contributed by atoms with E-state index in [-0.39, 0.29) is 0 Å². The van der Waals surface area contributed by atoms with Crippen molar-refractivity contribution in [3.8, 4) is 0 Å². The van der Waals surface area contributed by atoms with Crippen LogP contribution in [0, 0.1) is 11.8 Å². The first kappa shape index (κ1) is 9.01. The summed E-state index contributed by atoms with van der Waals surface area (Å²) < 4.78 is 0. The Labute approximate surface area is 68.2 Å². The van der Waals surface area contributed by atoms with E-state index in [0.717, 1.165) is 19.3 Å². The number of rotatable bonds is 1. The predicted molar refractivity (Wildman–Crippen MR) is 44.2 cm³/mol. The number of aliphatic hydroxyl groups is 2. The molecule has 0 aromatic carbocycles. The average Bonchev–Trinajstić information content (AvgIpc) is 1.94. The summed E-state index contributed by atoms with van der Waals surface area (Å²) in [5, 5.41) is 18.6. The van der Waals surface area contributed by atoms with Crippen LogP contribution in [0.3, 0.4) is 0 Å². The Hall–Kier alpha value is -0.0800. The summed E-state index contributed by atoms with van der Waals surface area (Å²) in [7, 11) is 0. The van der Waals surface area contributed by atoms with Crippen molar-refractivity contribution in [1.82, 2.24) is 0 Å². The number of aliphatic hydroxyl groups excluding tert-OH is 2. The van der Waals surface area contributed by atoms with Crippen LogP contribution in [0.15, 0.2) is 0 Å². The van der Waals surface area contributed by atoms with Crippen LogP contribution in [0.2, 0.25) is 0 Å². The van der Waals surface area contributed by atoms with Crippen molar-refractivity contribution >= 4 is 0 Å². The van der Waals surface area contributed by atoms with Crippen molar-refractivity contribution in [2.24, 2.45) is 11.8 Å². The lowest BCUT2D eigenvalue weighted by Gasteiger charge is -2.32. The SMILES string of the molecule is CC(C)C1CC[C@@H](O)[C@@H](O)C1. The maximum atomic E-state index is 9.35. The van der Waals surface area contributed by atoms with Crippen LogP contribution < -0.4 is 0 Å². The topological polar surface area (TPSA) is 40.5 Å². The van der Waals surface area contributed by atoms with Gasteiger partial charge in [0, 0.05) is 0 Å². The smallest absolute Gasteiger partial charge is 0.0801 e. The monoisotopic (exact) mass is 158 g/mol. The first-order chi connectivity index (χ1) is 5.11. The van der Waals surface area contributed by atoms with Crippen LogP contribution >= 0.6 is 0 Å². The van der Waals surface area contributed by atoms with Crippen molar-refractivity contribution in [3.05, 3.63) is 0 Å². The minimum Gasteiger partial charge on any atom is -0.390 e. The van der Waals surface area contributed by atoms with E-state index in [2.05, 4.69) is 13.8 Å².